The van der Waals surface area contributed by atoms with E-state index < -0.39 is 5.41 Å². The van der Waals surface area contributed by atoms with Crippen LogP contribution in [0, 0.1) is 5.82 Å². The zero-order valence-electron chi connectivity index (χ0n) is 11.6. The van der Waals surface area contributed by atoms with E-state index in [1.807, 2.05) is 13.8 Å². The predicted octanol–water partition coefficient (Wildman–Crippen LogP) is 1.58. The summed E-state index contributed by atoms with van der Waals surface area (Å²) < 4.78 is 18.6. The Morgan fingerprint density at radius 2 is 2.16 bits per heavy atom. The molecule has 0 aliphatic heterocycles. The van der Waals surface area contributed by atoms with Crippen LogP contribution in [0.15, 0.2) is 18.2 Å². The van der Waals surface area contributed by atoms with Gasteiger partial charge in [-0.15, -0.1) is 0 Å². The van der Waals surface area contributed by atoms with E-state index in [2.05, 4.69) is 5.32 Å². The molecule has 0 aliphatic rings. The van der Waals surface area contributed by atoms with Crippen LogP contribution in [0.25, 0.3) is 0 Å². The number of halogens is 1. The zero-order valence-corrected chi connectivity index (χ0v) is 11.6. The smallest absolute Gasteiger partial charge is 0.221 e. The van der Waals surface area contributed by atoms with Gasteiger partial charge >= 0.3 is 0 Å². The Bertz CT molecular complexity index is 447. The van der Waals surface area contributed by atoms with Crippen LogP contribution in [-0.4, -0.2) is 26.1 Å². The van der Waals surface area contributed by atoms with E-state index in [1.165, 1.54) is 12.1 Å². The topological polar surface area (TPSA) is 64.3 Å². The number of methoxy groups -OCH3 is 1. The first-order chi connectivity index (χ1) is 8.90. The number of carbonyl (C=O) groups excluding carboxylic acids is 1. The minimum Gasteiger partial charge on any atom is -0.496 e. The van der Waals surface area contributed by atoms with Crippen LogP contribution < -0.4 is 15.8 Å². The molecule has 0 fully saturated rings. The van der Waals surface area contributed by atoms with E-state index in [4.69, 9.17) is 10.5 Å². The average molecular weight is 268 g/mol. The summed E-state index contributed by atoms with van der Waals surface area (Å²) in [6, 6.07) is 4.38. The van der Waals surface area contributed by atoms with Crippen LogP contribution in [-0.2, 0) is 10.2 Å². The molecular formula is C14H21FN2O2. The summed E-state index contributed by atoms with van der Waals surface area (Å²) >= 11 is 0. The van der Waals surface area contributed by atoms with Crippen LogP contribution >= 0.6 is 0 Å². The Morgan fingerprint density at radius 1 is 1.47 bits per heavy atom. The van der Waals surface area contributed by atoms with Gasteiger partial charge in [-0.1, -0.05) is 13.8 Å². The van der Waals surface area contributed by atoms with Crippen molar-refractivity contribution in [2.45, 2.75) is 25.7 Å². The van der Waals surface area contributed by atoms with Gasteiger partial charge in [-0.25, -0.2) is 4.39 Å². The normalized spacial score (nSPS) is 11.2. The van der Waals surface area contributed by atoms with Crippen molar-refractivity contribution >= 4 is 5.91 Å². The summed E-state index contributed by atoms with van der Waals surface area (Å²) in [6.45, 7) is 4.56. The summed E-state index contributed by atoms with van der Waals surface area (Å²) in [5.74, 6) is 0.183. The number of nitrogens with two attached hydrogens (primary N) is 1. The molecule has 5 heteroatoms. The van der Waals surface area contributed by atoms with Gasteiger partial charge in [0.05, 0.1) is 7.11 Å². The third kappa shape index (κ3) is 4.21. The van der Waals surface area contributed by atoms with Crippen molar-refractivity contribution < 1.29 is 13.9 Å². The third-order valence-corrected chi connectivity index (χ3v) is 2.99. The summed E-state index contributed by atoms with van der Waals surface area (Å²) in [7, 11) is 1.54. The summed E-state index contributed by atoms with van der Waals surface area (Å²) in [6.07, 6.45) is 0.288. The van der Waals surface area contributed by atoms with Crippen molar-refractivity contribution in [3.05, 3.63) is 29.6 Å². The minimum absolute atomic E-state index is 0.106. The number of hydrogen-bond donors (Lipinski definition) is 2. The lowest BCUT2D eigenvalue weighted by Gasteiger charge is -2.27. The van der Waals surface area contributed by atoms with Crippen molar-refractivity contribution in [2.24, 2.45) is 5.73 Å². The standard InChI is InChI=1S/C14H21FN2O2/c1-14(2,9-17-13(18)6-7-16)11-8-10(15)4-5-12(11)19-3/h4-5,8H,6-7,9,16H2,1-3H3,(H,17,18). The van der Waals surface area contributed by atoms with Crippen LogP contribution in [0.4, 0.5) is 4.39 Å². The number of nitrogens with one attached hydrogen (secondary N) is 1. The number of ether oxygens (including phenoxy) is 1. The highest BCUT2D eigenvalue weighted by Crippen LogP contribution is 2.31. The Hall–Kier alpha value is -1.62. The maximum absolute atomic E-state index is 13.4. The number of amides is 1. The van der Waals surface area contributed by atoms with Gasteiger partial charge in [-0.05, 0) is 18.2 Å². The van der Waals surface area contributed by atoms with Gasteiger partial charge in [-0.2, -0.15) is 0 Å². The molecule has 0 unspecified atom stereocenters. The van der Waals surface area contributed by atoms with Crippen LogP contribution in [0.3, 0.4) is 0 Å². The third-order valence-electron chi connectivity index (χ3n) is 2.99. The molecule has 0 aromatic heterocycles. The van der Waals surface area contributed by atoms with E-state index in [-0.39, 0.29) is 18.1 Å². The first kappa shape index (κ1) is 15.4. The number of rotatable bonds is 6. The van der Waals surface area contributed by atoms with Gasteiger partial charge in [-0.3, -0.25) is 4.79 Å². The second-order valence-corrected chi connectivity index (χ2v) is 5.04. The largest absolute Gasteiger partial charge is 0.496 e. The summed E-state index contributed by atoms with van der Waals surface area (Å²) in [5.41, 5.74) is 5.61. The van der Waals surface area contributed by atoms with Crippen molar-refractivity contribution in [3.8, 4) is 5.75 Å². The monoisotopic (exact) mass is 268 g/mol. The lowest BCUT2D eigenvalue weighted by atomic mass is 9.83. The fourth-order valence-corrected chi connectivity index (χ4v) is 1.84. The lowest BCUT2D eigenvalue weighted by Crippen LogP contribution is -2.37. The maximum Gasteiger partial charge on any atom is 0.221 e. The number of benzene rings is 1. The van der Waals surface area contributed by atoms with E-state index in [0.29, 0.717) is 18.8 Å². The molecule has 0 radical (unpaired) electrons. The van der Waals surface area contributed by atoms with Crippen LogP contribution in [0.5, 0.6) is 5.75 Å². The molecule has 0 aliphatic carbocycles. The van der Waals surface area contributed by atoms with Crippen LogP contribution in [0.2, 0.25) is 0 Å². The molecule has 0 atom stereocenters. The molecular weight excluding hydrogens is 247 g/mol. The predicted molar refractivity (Wildman–Crippen MR) is 72.7 cm³/mol. The van der Waals surface area contributed by atoms with Crippen molar-refractivity contribution in [1.82, 2.24) is 5.32 Å². The van der Waals surface area contributed by atoms with Crippen molar-refractivity contribution in [2.75, 3.05) is 20.2 Å². The number of hydrogen-bond acceptors (Lipinski definition) is 3. The Morgan fingerprint density at radius 3 is 2.74 bits per heavy atom. The molecule has 1 amide bonds. The number of carbonyl (C=O) groups is 1. The molecule has 0 saturated carbocycles. The fourth-order valence-electron chi connectivity index (χ4n) is 1.84. The molecule has 1 aromatic rings. The highest BCUT2D eigenvalue weighted by Gasteiger charge is 2.25. The SMILES string of the molecule is COc1ccc(F)cc1C(C)(C)CNC(=O)CCN. The maximum atomic E-state index is 13.4. The Labute approximate surface area is 113 Å². The van der Waals surface area contributed by atoms with E-state index in [9.17, 15) is 9.18 Å². The van der Waals surface area contributed by atoms with Gasteiger partial charge < -0.3 is 15.8 Å². The summed E-state index contributed by atoms with van der Waals surface area (Å²) in [5, 5.41) is 2.80. The molecule has 0 heterocycles. The van der Waals surface area contributed by atoms with Gasteiger partial charge in [0.1, 0.15) is 11.6 Å². The molecule has 1 aromatic carbocycles. The molecule has 19 heavy (non-hydrogen) atoms. The van der Waals surface area contributed by atoms with Gasteiger partial charge in [0.15, 0.2) is 0 Å². The second kappa shape index (κ2) is 6.52. The lowest BCUT2D eigenvalue weighted by molar-refractivity contribution is -0.121. The first-order valence-electron chi connectivity index (χ1n) is 6.21. The van der Waals surface area contributed by atoms with E-state index in [1.54, 1.807) is 13.2 Å². The van der Waals surface area contributed by atoms with Crippen molar-refractivity contribution in [3.63, 3.8) is 0 Å². The minimum atomic E-state index is -0.433. The first-order valence-corrected chi connectivity index (χ1v) is 6.21. The van der Waals surface area contributed by atoms with Crippen LogP contribution in [0.1, 0.15) is 25.8 Å². The van der Waals surface area contributed by atoms with Gasteiger partial charge in [0, 0.05) is 30.5 Å². The molecule has 4 nitrogen and oxygen atoms in total. The fraction of sp³-hybridized carbons (Fsp3) is 0.500. The van der Waals surface area contributed by atoms with E-state index in [0.717, 1.165) is 5.56 Å². The molecule has 0 saturated heterocycles. The molecule has 0 bridgehead atoms. The molecule has 1 rings (SSSR count). The average Bonchev–Trinajstić information content (AvgIpc) is 2.37. The van der Waals surface area contributed by atoms with Gasteiger partial charge in [0.25, 0.3) is 0 Å². The quantitative estimate of drug-likeness (QED) is 0.823. The summed E-state index contributed by atoms with van der Waals surface area (Å²) in [4.78, 5) is 11.4. The highest BCUT2D eigenvalue weighted by molar-refractivity contribution is 5.76. The highest BCUT2D eigenvalue weighted by atomic mass is 19.1. The zero-order chi connectivity index (χ0) is 14.5. The molecule has 106 valence electrons. The van der Waals surface area contributed by atoms with Gasteiger partial charge in [0.2, 0.25) is 5.91 Å². The van der Waals surface area contributed by atoms with E-state index >= 15 is 0 Å². The Kier molecular flexibility index (Phi) is 5.30. The molecule has 0 spiro atoms. The molecule has 3 N–H and O–H groups in total. The Balaban J connectivity index is 2.86. The van der Waals surface area contributed by atoms with Crippen molar-refractivity contribution in [1.29, 1.82) is 0 Å². The second-order valence-electron chi connectivity index (χ2n) is 5.04.